The van der Waals surface area contributed by atoms with Crippen molar-refractivity contribution in [1.82, 2.24) is 14.8 Å². The maximum absolute atomic E-state index is 13.8. The van der Waals surface area contributed by atoms with Gasteiger partial charge in [-0.05, 0) is 47.5 Å². The number of aromatic nitrogens is 3. The summed E-state index contributed by atoms with van der Waals surface area (Å²) >= 11 is 3.53. The molecule has 5 nitrogen and oxygen atoms in total. The van der Waals surface area contributed by atoms with Crippen LogP contribution < -0.4 is 9.64 Å². The number of para-hydroxylation sites is 1. The second-order valence-electron chi connectivity index (χ2n) is 7.87. The van der Waals surface area contributed by atoms with Crippen molar-refractivity contribution in [3.8, 4) is 5.75 Å². The molecule has 0 spiro atoms. The molecule has 0 unspecified atom stereocenters. The van der Waals surface area contributed by atoms with Gasteiger partial charge in [-0.15, -0.1) is 0 Å². The molecule has 0 N–H and O–H groups in total. The fourth-order valence-electron chi connectivity index (χ4n) is 4.63. The van der Waals surface area contributed by atoms with Gasteiger partial charge in [0.15, 0.2) is 0 Å². The Morgan fingerprint density at radius 3 is 2.44 bits per heavy atom. The summed E-state index contributed by atoms with van der Waals surface area (Å²) in [5.41, 5.74) is 5.02. The van der Waals surface area contributed by atoms with E-state index in [1.54, 1.807) is 18.5 Å². The van der Waals surface area contributed by atoms with Gasteiger partial charge in [-0.1, -0.05) is 52.3 Å². The summed E-state index contributed by atoms with van der Waals surface area (Å²) in [6, 6.07) is 22.5. The first-order valence-corrected chi connectivity index (χ1v) is 11.1. The van der Waals surface area contributed by atoms with E-state index in [1.165, 1.54) is 12.1 Å². The summed E-state index contributed by atoms with van der Waals surface area (Å²) in [6.07, 6.45) is 1.21. The molecule has 3 aromatic carbocycles. The number of halogens is 2. The first-order chi connectivity index (χ1) is 15.6. The molecular formula is C25H18BrFN4O. The number of fused-ring (bicyclic) bond motifs is 3. The third-order valence-corrected chi connectivity index (χ3v) is 6.56. The van der Waals surface area contributed by atoms with Gasteiger partial charge in [0.2, 0.25) is 5.95 Å². The number of hydrogen-bond acceptors (Lipinski definition) is 4. The maximum Gasteiger partial charge on any atom is 0.229 e. The van der Waals surface area contributed by atoms with Gasteiger partial charge in [-0.2, -0.15) is 10.1 Å². The number of rotatable bonds is 2. The molecule has 1 aromatic heterocycles. The average molecular weight is 489 g/mol. The zero-order valence-corrected chi connectivity index (χ0v) is 18.7. The molecule has 0 bridgehead atoms. The van der Waals surface area contributed by atoms with Gasteiger partial charge in [-0.3, -0.25) is 0 Å². The van der Waals surface area contributed by atoms with Crippen molar-refractivity contribution in [2.45, 2.75) is 12.1 Å². The van der Waals surface area contributed by atoms with Gasteiger partial charge in [0.1, 0.15) is 30.0 Å². The van der Waals surface area contributed by atoms with Crippen molar-refractivity contribution >= 4 is 27.6 Å². The first kappa shape index (κ1) is 19.3. The molecule has 0 amide bonds. The van der Waals surface area contributed by atoms with E-state index in [-0.39, 0.29) is 18.0 Å². The number of anilines is 1. The molecule has 32 heavy (non-hydrogen) atoms. The maximum atomic E-state index is 13.8. The number of hydrogen-bond donors (Lipinski definition) is 0. The van der Waals surface area contributed by atoms with E-state index in [1.807, 2.05) is 42.1 Å². The Kier molecular flexibility index (Phi) is 4.40. The number of ether oxygens (including phenoxy) is 1. The zero-order chi connectivity index (χ0) is 21.8. The van der Waals surface area contributed by atoms with Crippen molar-refractivity contribution in [2.75, 3.05) is 11.9 Å². The lowest BCUT2D eigenvalue weighted by molar-refractivity contribution is 0.222. The lowest BCUT2D eigenvalue weighted by atomic mass is 9.84. The van der Waals surface area contributed by atoms with Crippen LogP contribution in [0.4, 0.5) is 10.3 Å². The lowest BCUT2D eigenvalue weighted by Gasteiger charge is -2.42. The first-order valence-electron chi connectivity index (χ1n) is 10.3. The Hall–Kier alpha value is -3.45. The Morgan fingerprint density at radius 1 is 0.938 bits per heavy atom. The monoisotopic (exact) mass is 488 g/mol. The van der Waals surface area contributed by atoms with E-state index in [9.17, 15) is 4.39 Å². The van der Waals surface area contributed by atoms with Crippen molar-refractivity contribution in [1.29, 1.82) is 0 Å². The van der Waals surface area contributed by atoms with Crippen LogP contribution in [0, 0.1) is 5.82 Å². The molecule has 0 fully saturated rings. The standard InChI is InChI=1S/C25H18BrFN4O/c1-30-23-19-4-2-3-5-20(19)32-24(16-6-10-17(26)11-7-16)21(23)22(31-25(30)28-14-29-31)15-8-12-18(27)13-9-15/h2-14,22,24H,1H3/t22-,24-/m1/s1. The molecule has 0 saturated heterocycles. The average Bonchev–Trinajstić information content (AvgIpc) is 3.30. The molecule has 0 radical (unpaired) electrons. The molecular weight excluding hydrogens is 471 g/mol. The lowest BCUT2D eigenvalue weighted by Crippen LogP contribution is -2.37. The van der Waals surface area contributed by atoms with Gasteiger partial charge >= 0.3 is 0 Å². The van der Waals surface area contributed by atoms with Gasteiger partial charge < -0.3 is 9.64 Å². The number of nitrogens with zero attached hydrogens (tertiary/aromatic N) is 4. The van der Waals surface area contributed by atoms with Crippen molar-refractivity contribution < 1.29 is 9.13 Å². The van der Waals surface area contributed by atoms with Crippen molar-refractivity contribution in [3.63, 3.8) is 0 Å². The van der Waals surface area contributed by atoms with Crippen LogP contribution in [0.15, 0.2) is 89.2 Å². The third-order valence-electron chi connectivity index (χ3n) is 6.03. The summed E-state index contributed by atoms with van der Waals surface area (Å²) in [5.74, 6) is 1.27. The highest BCUT2D eigenvalue weighted by molar-refractivity contribution is 9.10. The van der Waals surface area contributed by atoms with E-state index < -0.39 is 0 Å². The fraction of sp³-hybridized carbons (Fsp3) is 0.120. The SMILES string of the molecule is CN1C2=C([C@@H](c3ccc(Br)cc3)Oc3ccccc32)[C@@H](c2ccc(F)cc2)n2ncnc21. The largest absolute Gasteiger partial charge is 0.480 e. The Balaban J connectivity index is 1.65. The Labute approximate surface area is 192 Å². The van der Waals surface area contributed by atoms with Crippen LogP contribution in [0.3, 0.4) is 0 Å². The molecule has 0 aliphatic carbocycles. The minimum Gasteiger partial charge on any atom is -0.480 e. The van der Waals surface area contributed by atoms with Gasteiger partial charge in [-0.25, -0.2) is 9.07 Å². The van der Waals surface area contributed by atoms with E-state index in [4.69, 9.17) is 4.74 Å². The molecule has 158 valence electrons. The number of benzene rings is 3. The summed E-state index contributed by atoms with van der Waals surface area (Å²) in [4.78, 5) is 6.59. The molecule has 0 saturated carbocycles. The van der Waals surface area contributed by atoms with Gasteiger partial charge in [0, 0.05) is 22.7 Å². The zero-order valence-electron chi connectivity index (χ0n) is 17.1. The summed E-state index contributed by atoms with van der Waals surface area (Å²) in [7, 11) is 2.00. The van der Waals surface area contributed by atoms with E-state index in [0.717, 1.165) is 44.1 Å². The van der Waals surface area contributed by atoms with Gasteiger partial charge in [0.05, 0.1) is 5.70 Å². The van der Waals surface area contributed by atoms with Crippen LogP contribution in [0.5, 0.6) is 5.75 Å². The smallest absolute Gasteiger partial charge is 0.229 e. The fourth-order valence-corrected chi connectivity index (χ4v) is 4.90. The molecule has 6 rings (SSSR count). The normalized spacial score (nSPS) is 19.2. The predicted molar refractivity (Wildman–Crippen MR) is 124 cm³/mol. The minimum atomic E-state index is -0.345. The molecule has 2 aliphatic rings. The summed E-state index contributed by atoms with van der Waals surface area (Å²) in [5, 5.41) is 4.55. The predicted octanol–water partition coefficient (Wildman–Crippen LogP) is 5.76. The highest BCUT2D eigenvalue weighted by atomic mass is 79.9. The molecule has 3 heterocycles. The van der Waals surface area contributed by atoms with E-state index in [0.29, 0.717) is 0 Å². The van der Waals surface area contributed by atoms with Crippen molar-refractivity contribution in [2.24, 2.45) is 0 Å². The highest BCUT2D eigenvalue weighted by Gasteiger charge is 2.42. The van der Waals surface area contributed by atoms with Crippen molar-refractivity contribution in [3.05, 3.63) is 112 Å². The van der Waals surface area contributed by atoms with E-state index >= 15 is 0 Å². The highest BCUT2D eigenvalue weighted by Crippen LogP contribution is 2.52. The molecule has 2 atom stereocenters. The third kappa shape index (κ3) is 2.88. The Morgan fingerprint density at radius 2 is 1.66 bits per heavy atom. The van der Waals surface area contributed by atoms with Crippen LogP contribution in [-0.2, 0) is 0 Å². The van der Waals surface area contributed by atoms with E-state index in [2.05, 4.69) is 49.1 Å². The summed E-state index contributed by atoms with van der Waals surface area (Å²) < 4.78 is 23.3. The van der Waals surface area contributed by atoms with Gasteiger partial charge in [0.25, 0.3) is 0 Å². The second kappa shape index (κ2) is 7.31. The molecule has 2 aliphatic heterocycles. The van der Waals surface area contributed by atoms with Crippen LogP contribution in [0.2, 0.25) is 0 Å². The Bertz CT molecular complexity index is 1350. The van der Waals surface area contributed by atoms with Crippen LogP contribution in [0.1, 0.15) is 28.8 Å². The van der Waals surface area contributed by atoms with Crippen LogP contribution >= 0.6 is 15.9 Å². The topological polar surface area (TPSA) is 43.2 Å². The minimum absolute atomic E-state index is 0.274. The summed E-state index contributed by atoms with van der Waals surface area (Å²) in [6.45, 7) is 0. The molecule has 4 aromatic rings. The van der Waals surface area contributed by atoms with Crippen LogP contribution in [-0.4, -0.2) is 21.8 Å². The quantitative estimate of drug-likeness (QED) is 0.359. The second-order valence-corrected chi connectivity index (χ2v) is 8.78. The molecule has 7 heteroatoms. The van der Waals surface area contributed by atoms with Crippen LogP contribution in [0.25, 0.3) is 5.70 Å².